The first-order valence-corrected chi connectivity index (χ1v) is 20.2. The number of phenols is 3. The van der Waals surface area contributed by atoms with Crippen molar-refractivity contribution < 1.29 is 108 Å². The Labute approximate surface area is 372 Å². The van der Waals surface area contributed by atoms with Gasteiger partial charge in [-0.1, -0.05) is 0 Å². The average Bonchev–Trinajstić information content (AvgIpc) is 3.29. The largest absolute Gasteiger partial charge is 0.508 e. The maximum absolute atomic E-state index is 14.5. The van der Waals surface area contributed by atoms with Gasteiger partial charge in [0.15, 0.2) is 35.8 Å². The van der Waals surface area contributed by atoms with E-state index in [-0.39, 0.29) is 45.7 Å². The first kappa shape index (κ1) is 48.1. The van der Waals surface area contributed by atoms with E-state index in [1.54, 1.807) is 0 Å². The highest BCUT2D eigenvalue weighted by Gasteiger charge is 2.51. The van der Waals surface area contributed by atoms with E-state index in [1.165, 1.54) is 63.6 Å². The number of aliphatic hydroxyl groups is 8. The number of aromatic hydroxyl groups is 3. The van der Waals surface area contributed by atoms with Crippen molar-refractivity contribution in [3.8, 4) is 51.6 Å². The van der Waals surface area contributed by atoms with Gasteiger partial charge >= 0.3 is 5.97 Å². The summed E-state index contributed by atoms with van der Waals surface area (Å²) in [5.74, 6) is -3.66. The van der Waals surface area contributed by atoms with E-state index in [0.717, 1.165) is 18.2 Å². The summed E-state index contributed by atoms with van der Waals surface area (Å²) in [5, 5.41) is 116. The second kappa shape index (κ2) is 20.0. The lowest BCUT2D eigenvalue weighted by Gasteiger charge is -2.45. The van der Waals surface area contributed by atoms with Gasteiger partial charge in [0.05, 0.1) is 33.5 Å². The van der Waals surface area contributed by atoms with Gasteiger partial charge in [-0.2, -0.15) is 0 Å². The van der Waals surface area contributed by atoms with Crippen LogP contribution in [0.5, 0.6) is 40.2 Å². The maximum Gasteiger partial charge on any atom is 0.331 e. The van der Waals surface area contributed by atoms with Crippen LogP contribution in [0, 0.1) is 0 Å². The Hall–Kier alpha value is -5.80. The third-order valence-corrected chi connectivity index (χ3v) is 11.0. The smallest absolute Gasteiger partial charge is 0.331 e. The van der Waals surface area contributed by atoms with Crippen molar-refractivity contribution in [3.05, 3.63) is 70.4 Å². The second-order valence-electron chi connectivity index (χ2n) is 15.4. The Kier molecular flexibility index (Phi) is 14.6. The van der Waals surface area contributed by atoms with Gasteiger partial charge in [-0.15, -0.1) is 0 Å². The fourth-order valence-corrected chi connectivity index (χ4v) is 7.40. The molecule has 0 spiro atoms. The summed E-state index contributed by atoms with van der Waals surface area (Å²) in [6.07, 6.45) is -21.9. The number of ether oxygens (including phenoxy) is 9. The quantitative estimate of drug-likeness (QED) is 0.0549. The number of carbonyl (C=O) groups is 1. The van der Waals surface area contributed by atoms with Crippen LogP contribution in [0.1, 0.15) is 12.5 Å². The predicted molar refractivity (Wildman–Crippen MR) is 219 cm³/mol. The van der Waals surface area contributed by atoms with Crippen LogP contribution in [0.3, 0.4) is 0 Å². The summed E-state index contributed by atoms with van der Waals surface area (Å²) in [6.45, 7) is -0.0836. The molecule has 358 valence electrons. The maximum atomic E-state index is 14.5. The van der Waals surface area contributed by atoms with Crippen LogP contribution in [0.25, 0.3) is 28.4 Å². The Morgan fingerprint density at radius 2 is 1.45 bits per heavy atom. The van der Waals surface area contributed by atoms with Gasteiger partial charge in [0, 0.05) is 23.8 Å². The lowest BCUT2D eigenvalue weighted by molar-refractivity contribution is -0.345. The third-order valence-electron chi connectivity index (χ3n) is 11.0. The van der Waals surface area contributed by atoms with Gasteiger partial charge in [0.1, 0.15) is 77.0 Å². The van der Waals surface area contributed by atoms with E-state index >= 15 is 0 Å². The molecule has 0 amide bonds. The normalized spacial score (nSPS) is 31.4. The van der Waals surface area contributed by atoms with Crippen molar-refractivity contribution in [1.82, 2.24) is 0 Å². The van der Waals surface area contributed by atoms with Crippen LogP contribution in [0.15, 0.2) is 63.8 Å². The molecule has 23 heteroatoms. The van der Waals surface area contributed by atoms with E-state index < -0.39 is 128 Å². The van der Waals surface area contributed by atoms with Gasteiger partial charge in [-0.3, -0.25) is 4.79 Å². The number of aliphatic hydroxyl groups excluding tert-OH is 8. The molecule has 0 bridgehead atoms. The minimum atomic E-state index is -2.04. The van der Waals surface area contributed by atoms with Crippen molar-refractivity contribution in [2.24, 2.45) is 0 Å². The van der Waals surface area contributed by atoms with Gasteiger partial charge in [0.25, 0.3) is 0 Å². The van der Waals surface area contributed by atoms with Crippen LogP contribution in [-0.2, 0) is 28.5 Å². The topological polar surface area (TPSA) is 353 Å². The molecular weight excluding hydrogens is 884 g/mol. The molecule has 0 saturated carbocycles. The molecule has 0 unspecified atom stereocenters. The summed E-state index contributed by atoms with van der Waals surface area (Å²) in [4.78, 5) is 27.6. The van der Waals surface area contributed by atoms with E-state index in [0.29, 0.717) is 5.56 Å². The summed E-state index contributed by atoms with van der Waals surface area (Å²) < 4.78 is 56.5. The molecule has 3 fully saturated rings. The summed E-state index contributed by atoms with van der Waals surface area (Å²) in [5.41, 5.74) is -1.03. The summed E-state index contributed by atoms with van der Waals surface area (Å²) in [6, 6.07) is 9.98. The van der Waals surface area contributed by atoms with Gasteiger partial charge in [-0.25, -0.2) is 4.79 Å². The van der Waals surface area contributed by atoms with Crippen LogP contribution >= 0.6 is 0 Å². The molecule has 1 aromatic heterocycles. The van der Waals surface area contributed by atoms with Crippen molar-refractivity contribution in [2.75, 3.05) is 27.4 Å². The van der Waals surface area contributed by atoms with Crippen LogP contribution in [-0.4, -0.2) is 176 Å². The first-order chi connectivity index (χ1) is 31.4. The number of carbonyl (C=O) groups excluding carboxylic acids is 1. The Balaban J connectivity index is 1.22. The molecule has 0 radical (unpaired) electrons. The van der Waals surface area contributed by atoms with Crippen LogP contribution in [0.2, 0.25) is 0 Å². The molecule has 0 aliphatic carbocycles. The number of hydrogen-bond donors (Lipinski definition) is 11. The predicted octanol–water partition coefficient (Wildman–Crippen LogP) is -1.29. The number of methoxy groups -OCH3 is 2. The fraction of sp³-hybridized carbons (Fsp3) is 0.442. The van der Waals surface area contributed by atoms with Crippen molar-refractivity contribution in [3.63, 3.8) is 0 Å². The van der Waals surface area contributed by atoms with Crippen LogP contribution in [0.4, 0.5) is 0 Å². The molecule has 4 heterocycles. The molecule has 14 atom stereocenters. The molecule has 23 nitrogen and oxygen atoms in total. The van der Waals surface area contributed by atoms with Gasteiger partial charge in [-0.05, 0) is 55.0 Å². The zero-order chi connectivity index (χ0) is 47.7. The molecular formula is C43H48O23. The Morgan fingerprint density at radius 3 is 2.11 bits per heavy atom. The van der Waals surface area contributed by atoms with Crippen molar-refractivity contribution in [2.45, 2.75) is 92.9 Å². The number of esters is 1. The Bertz CT molecular complexity index is 2410. The van der Waals surface area contributed by atoms with Gasteiger partial charge in [0.2, 0.25) is 29.5 Å². The fourth-order valence-electron chi connectivity index (χ4n) is 7.40. The number of rotatable bonds is 13. The zero-order valence-electron chi connectivity index (χ0n) is 35.1. The summed E-state index contributed by atoms with van der Waals surface area (Å²) in [7, 11) is 2.60. The highest BCUT2D eigenvalue weighted by atomic mass is 16.8. The molecule has 4 aromatic rings. The van der Waals surface area contributed by atoms with Gasteiger partial charge < -0.3 is 103 Å². The zero-order valence-corrected chi connectivity index (χ0v) is 35.1. The number of benzene rings is 3. The molecule has 3 saturated heterocycles. The molecule has 3 aromatic carbocycles. The second-order valence-corrected chi connectivity index (χ2v) is 15.4. The van der Waals surface area contributed by atoms with Crippen molar-refractivity contribution in [1.29, 1.82) is 0 Å². The molecule has 66 heavy (non-hydrogen) atoms. The number of phenolic OH excluding ortho intramolecular Hbond substituents is 3. The lowest BCUT2D eigenvalue weighted by Crippen LogP contribution is -2.64. The average molecular weight is 933 g/mol. The lowest BCUT2D eigenvalue weighted by atomic mass is 9.98. The van der Waals surface area contributed by atoms with E-state index in [9.17, 15) is 65.8 Å². The number of fused-ring (bicyclic) bond motifs is 1. The highest BCUT2D eigenvalue weighted by molar-refractivity contribution is 5.89. The molecule has 11 N–H and O–H groups in total. The minimum Gasteiger partial charge on any atom is -0.508 e. The van der Waals surface area contributed by atoms with Crippen molar-refractivity contribution >= 4 is 23.0 Å². The van der Waals surface area contributed by atoms with Crippen LogP contribution < -0.4 is 24.4 Å². The monoisotopic (exact) mass is 932 g/mol. The minimum absolute atomic E-state index is 0.0181. The third kappa shape index (κ3) is 9.69. The first-order valence-electron chi connectivity index (χ1n) is 20.2. The molecule has 7 rings (SSSR count). The SMILES string of the molecule is COc1cc(C=CC(=O)O[C@H]2[C@H](O[C@H]3[C@H](Oc4c(-c5ccc(O)cc5)oc5cc(O[C@@H]6O[C@@H](C)[C@H](O)[C@@H](O)[C@H]6O)cc(O)c5c4=O)O[C@H](CO)[C@H](O)[C@@H]3O)OC[C@@H](O)[C@@H]2O)cc(OC)c1O. The molecule has 3 aliphatic rings. The highest BCUT2D eigenvalue weighted by Crippen LogP contribution is 2.40. The number of hydrogen-bond acceptors (Lipinski definition) is 23. The standard InChI is InChI=1S/C43H48O23/c1-16-29(49)34(54)36(56)41(60-16)61-20-12-21(46)28-23(13-20)62-37(18-5-7-19(45)8-6-18)38(33(28)53)65-43-40(35(55)32(52)26(14-44)63-43)66-42-39(30(50)22(47)15-59-42)64-27(48)9-4-17-10-24(57-2)31(51)25(11-17)58-3/h4-13,16,22,26,29-30,32,34-36,39-47,49-52,54-56H,14-15H2,1-3H3/t16-,22+,26+,29-,30-,32-,34+,35-,36+,39+,40+,41-,42-,43-/m0/s1. The van der Waals surface area contributed by atoms with E-state index in [1.807, 2.05) is 0 Å². The van der Waals surface area contributed by atoms with E-state index in [2.05, 4.69) is 0 Å². The summed E-state index contributed by atoms with van der Waals surface area (Å²) >= 11 is 0. The molecule has 3 aliphatic heterocycles. The van der Waals surface area contributed by atoms with E-state index in [4.69, 9.17) is 47.0 Å². The Morgan fingerprint density at radius 1 is 0.773 bits per heavy atom.